The summed E-state index contributed by atoms with van der Waals surface area (Å²) < 4.78 is 1.94. The quantitative estimate of drug-likeness (QED) is 0.799. The Hall–Kier alpha value is -1.84. The van der Waals surface area contributed by atoms with Crippen molar-refractivity contribution in [3.05, 3.63) is 30.0 Å². The van der Waals surface area contributed by atoms with Gasteiger partial charge in [0.05, 0.1) is 11.7 Å². The zero-order valence-corrected chi connectivity index (χ0v) is 11.7. The van der Waals surface area contributed by atoms with Crippen molar-refractivity contribution in [2.45, 2.75) is 19.3 Å². The predicted molar refractivity (Wildman–Crippen MR) is 77.2 cm³/mol. The molecule has 0 unspecified atom stereocenters. The first-order valence-electron chi connectivity index (χ1n) is 7.27. The standard InChI is InChI=1S/C16H19N3O/c1-18-15-5-12(2-3-14(15)8-17-18)4-13-6-16(7-13)9-19(10-16)11-20/h2-3,5,8,11,13H,4,6-7,9-10H2,1H3. The molecule has 1 aliphatic heterocycles. The van der Waals surface area contributed by atoms with E-state index in [0.29, 0.717) is 5.41 Å². The van der Waals surface area contributed by atoms with Crippen LogP contribution in [-0.2, 0) is 18.3 Å². The summed E-state index contributed by atoms with van der Waals surface area (Å²) in [5.41, 5.74) is 3.10. The van der Waals surface area contributed by atoms with E-state index in [2.05, 4.69) is 23.3 Å². The average molecular weight is 269 g/mol. The van der Waals surface area contributed by atoms with Gasteiger partial charge in [-0.15, -0.1) is 0 Å². The van der Waals surface area contributed by atoms with Crippen LogP contribution in [0.1, 0.15) is 18.4 Å². The third kappa shape index (κ3) is 1.74. The van der Waals surface area contributed by atoms with E-state index in [-0.39, 0.29) is 0 Å². The first-order chi connectivity index (χ1) is 9.67. The van der Waals surface area contributed by atoms with E-state index < -0.39 is 0 Å². The summed E-state index contributed by atoms with van der Waals surface area (Å²) in [6.07, 6.45) is 6.61. The number of hydrogen-bond donors (Lipinski definition) is 0. The molecule has 1 spiro atoms. The highest BCUT2D eigenvalue weighted by Crippen LogP contribution is 2.52. The van der Waals surface area contributed by atoms with Gasteiger partial charge in [-0.3, -0.25) is 9.48 Å². The molecule has 1 saturated carbocycles. The summed E-state index contributed by atoms with van der Waals surface area (Å²) in [4.78, 5) is 12.5. The summed E-state index contributed by atoms with van der Waals surface area (Å²) >= 11 is 0. The second-order valence-corrected chi connectivity index (χ2v) is 6.65. The first kappa shape index (κ1) is 11.9. The van der Waals surface area contributed by atoms with Crippen LogP contribution in [0, 0.1) is 11.3 Å². The number of carbonyl (C=O) groups excluding carboxylic acids is 1. The predicted octanol–water partition coefficient (Wildman–Crippen LogP) is 1.98. The molecular formula is C16H19N3O. The van der Waals surface area contributed by atoms with Crippen LogP contribution in [0.15, 0.2) is 24.4 Å². The molecule has 2 heterocycles. The van der Waals surface area contributed by atoms with Gasteiger partial charge in [-0.1, -0.05) is 12.1 Å². The molecule has 1 amide bonds. The Morgan fingerprint density at radius 1 is 1.40 bits per heavy atom. The molecule has 0 atom stereocenters. The Kier molecular flexibility index (Phi) is 2.43. The molecule has 4 heteroatoms. The van der Waals surface area contributed by atoms with Crippen molar-refractivity contribution in [3.63, 3.8) is 0 Å². The Bertz CT molecular complexity index is 661. The maximum absolute atomic E-state index is 10.6. The monoisotopic (exact) mass is 269 g/mol. The van der Waals surface area contributed by atoms with Gasteiger partial charge in [0.15, 0.2) is 0 Å². The van der Waals surface area contributed by atoms with Crippen LogP contribution in [0.4, 0.5) is 0 Å². The number of hydrogen-bond acceptors (Lipinski definition) is 2. The maximum Gasteiger partial charge on any atom is 0.209 e. The summed E-state index contributed by atoms with van der Waals surface area (Å²) in [6, 6.07) is 6.67. The molecular weight excluding hydrogens is 250 g/mol. The molecule has 20 heavy (non-hydrogen) atoms. The zero-order chi connectivity index (χ0) is 13.7. The third-order valence-corrected chi connectivity index (χ3v) is 5.01. The van der Waals surface area contributed by atoms with Crippen molar-refractivity contribution in [2.75, 3.05) is 13.1 Å². The fourth-order valence-corrected chi connectivity index (χ4v) is 4.11. The Labute approximate surface area is 118 Å². The molecule has 1 saturated heterocycles. The van der Waals surface area contributed by atoms with Gasteiger partial charge in [0.1, 0.15) is 0 Å². The highest BCUT2D eigenvalue weighted by molar-refractivity contribution is 5.79. The fraction of sp³-hybridized carbons (Fsp3) is 0.500. The Morgan fingerprint density at radius 3 is 2.95 bits per heavy atom. The third-order valence-electron chi connectivity index (χ3n) is 5.01. The number of amides is 1. The molecule has 4 nitrogen and oxygen atoms in total. The molecule has 1 aromatic heterocycles. The molecule has 0 bridgehead atoms. The number of benzene rings is 1. The first-order valence-corrected chi connectivity index (χ1v) is 7.27. The van der Waals surface area contributed by atoms with Crippen molar-refractivity contribution >= 4 is 17.3 Å². The van der Waals surface area contributed by atoms with Crippen molar-refractivity contribution in [3.8, 4) is 0 Å². The van der Waals surface area contributed by atoms with Gasteiger partial charge in [0.2, 0.25) is 6.41 Å². The molecule has 0 N–H and O–H groups in total. The van der Waals surface area contributed by atoms with E-state index in [1.807, 2.05) is 22.8 Å². The minimum atomic E-state index is 0.474. The van der Waals surface area contributed by atoms with Crippen molar-refractivity contribution in [1.29, 1.82) is 0 Å². The number of likely N-dealkylation sites (tertiary alicyclic amines) is 1. The lowest BCUT2D eigenvalue weighted by Crippen LogP contribution is -2.61. The van der Waals surface area contributed by atoms with Crippen LogP contribution in [-0.4, -0.2) is 34.2 Å². The number of rotatable bonds is 3. The SMILES string of the molecule is Cn1ncc2ccc(CC3CC4(C3)CN(C=O)C4)cc21. The largest absolute Gasteiger partial charge is 0.344 e. The fourth-order valence-electron chi connectivity index (χ4n) is 4.11. The molecule has 2 aliphatic rings. The smallest absolute Gasteiger partial charge is 0.209 e. The van der Waals surface area contributed by atoms with Crippen LogP contribution >= 0.6 is 0 Å². The number of aromatic nitrogens is 2. The van der Waals surface area contributed by atoms with Crippen LogP contribution in [0.3, 0.4) is 0 Å². The lowest BCUT2D eigenvalue weighted by atomic mass is 9.56. The number of aryl methyl sites for hydroxylation is 1. The van der Waals surface area contributed by atoms with Gasteiger partial charge < -0.3 is 4.90 Å². The highest BCUT2D eigenvalue weighted by atomic mass is 16.1. The van der Waals surface area contributed by atoms with E-state index in [1.54, 1.807) is 0 Å². The summed E-state index contributed by atoms with van der Waals surface area (Å²) in [7, 11) is 1.99. The second-order valence-electron chi connectivity index (χ2n) is 6.65. The number of fused-ring (bicyclic) bond motifs is 1. The van der Waals surface area contributed by atoms with Crippen molar-refractivity contribution in [2.24, 2.45) is 18.4 Å². The zero-order valence-electron chi connectivity index (χ0n) is 11.7. The molecule has 0 radical (unpaired) electrons. The van der Waals surface area contributed by atoms with Crippen LogP contribution in [0.25, 0.3) is 10.9 Å². The van der Waals surface area contributed by atoms with Crippen LogP contribution in [0.5, 0.6) is 0 Å². The van der Waals surface area contributed by atoms with Crippen molar-refractivity contribution < 1.29 is 4.79 Å². The summed E-state index contributed by atoms with van der Waals surface area (Å²) in [5.74, 6) is 0.787. The number of carbonyl (C=O) groups is 1. The van der Waals surface area contributed by atoms with Crippen LogP contribution < -0.4 is 0 Å². The van der Waals surface area contributed by atoms with Crippen LogP contribution in [0.2, 0.25) is 0 Å². The van der Waals surface area contributed by atoms with Crippen molar-refractivity contribution in [1.82, 2.24) is 14.7 Å². The lowest BCUT2D eigenvalue weighted by molar-refractivity contribution is -0.141. The Balaban J connectivity index is 1.42. The molecule has 2 aromatic rings. The maximum atomic E-state index is 10.6. The minimum absolute atomic E-state index is 0.474. The number of nitrogens with zero attached hydrogens (tertiary/aromatic N) is 3. The van der Waals surface area contributed by atoms with Gasteiger partial charge in [-0.05, 0) is 36.8 Å². The lowest BCUT2D eigenvalue weighted by Gasteiger charge is -2.58. The van der Waals surface area contributed by atoms with Gasteiger partial charge in [0.25, 0.3) is 0 Å². The second kappa shape index (κ2) is 4.08. The van der Waals surface area contributed by atoms with E-state index in [4.69, 9.17) is 0 Å². The van der Waals surface area contributed by atoms with E-state index in [1.165, 1.54) is 29.3 Å². The topological polar surface area (TPSA) is 38.1 Å². The molecule has 1 aromatic carbocycles. The highest BCUT2D eigenvalue weighted by Gasteiger charge is 2.51. The average Bonchev–Trinajstić information content (AvgIpc) is 2.72. The van der Waals surface area contributed by atoms with E-state index in [0.717, 1.165) is 31.8 Å². The molecule has 4 rings (SSSR count). The molecule has 2 fully saturated rings. The minimum Gasteiger partial charge on any atom is -0.344 e. The van der Waals surface area contributed by atoms with Gasteiger partial charge >= 0.3 is 0 Å². The molecule has 104 valence electrons. The van der Waals surface area contributed by atoms with E-state index in [9.17, 15) is 4.79 Å². The summed E-state index contributed by atoms with van der Waals surface area (Å²) in [5, 5.41) is 5.50. The van der Waals surface area contributed by atoms with Gasteiger partial charge in [0, 0.05) is 30.9 Å². The van der Waals surface area contributed by atoms with Gasteiger partial charge in [-0.25, -0.2) is 0 Å². The Morgan fingerprint density at radius 2 is 2.20 bits per heavy atom. The van der Waals surface area contributed by atoms with E-state index >= 15 is 0 Å². The normalized spacial score (nSPS) is 20.9. The summed E-state index contributed by atoms with van der Waals surface area (Å²) in [6.45, 7) is 1.96. The van der Waals surface area contributed by atoms with Gasteiger partial charge in [-0.2, -0.15) is 5.10 Å². The molecule has 1 aliphatic carbocycles.